The summed E-state index contributed by atoms with van der Waals surface area (Å²) in [6.45, 7) is 3.28. The van der Waals surface area contributed by atoms with Gasteiger partial charge in [0.15, 0.2) is 6.10 Å². The molecule has 0 amide bonds. The van der Waals surface area contributed by atoms with Gasteiger partial charge in [0.1, 0.15) is 12.8 Å². The Labute approximate surface area is 235 Å². The van der Waals surface area contributed by atoms with Crippen LogP contribution in [0.1, 0.15) is 29.2 Å². The van der Waals surface area contributed by atoms with Crippen LogP contribution in [-0.4, -0.2) is 47.8 Å². The number of thiazole rings is 1. The maximum atomic E-state index is 12.7. The monoisotopic (exact) mass is 568 g/mol. The van der Waals surface area contributed by atoms with Crippen LogP contribution in [0.2, 0.25) is 5.02 Å². The first-order valence-electron chi connectivity index (χ1n) is 12.4. The molecule has 10 heteroatoms. The van der Waals surface area contributed by atoms with E-state index in [1.54, 1.807) is 17.6 Å². The fourth-order valence-electron chi connectivity index (χ4n) is 4.17. The molecule has 1 aromatic heterocycles. The van der Waals surface area contributed by atoms with Crippen molar-refractivity contribution in [1.82, 2.24) is 4.57 Å². The minimum atomic E-state index is -0.971. The molecule has 4 rings (SSSR count). The number of benzene rings is 3. The van der Waals surface area contributed by atoms with Crippen LogP contribution in [0.15, 0.2) is 76.7 Å². The smallest absolute Gasteiger partial charge is 0.333 e. The Balaban J connectivity index is 1.39. The summed E-state index contributed by atoms with van der Waals surface area (Å²) in [5.41, 5.74) is 4.92. The number of rotatable bonds is 13. The van der Waals surface area contributed by atoms with E-state index in [1.165, 1.54) is 18.4 Å². The average molecular weight is 569 g/mol. The molecule has 0 spiro atoms. The first-order valence-corrected chi connectivity index (χ1v) is 13.6. The molecule has 8 nitrogen and oxygen atoms in total. The van der Waals surface area contributed by atoms with Crippen molar-refractivity contribution in [3.05, 3.63) is 104 Å². The van der Waals surface area contributed by atoms with Gasteiger partial charge in [0.2, 0.25) is 0 Å². The summed E-state index contributed by atoms with van der Waals surface area (Å²) in [4.78, 5) is 29.1. The lowest BCUT2D eigenvalue weighted by Gasteiger charge is -2.12. The molecular formula is C29H29ClN2O6S. The number of nitrogens with zero attached hydrogens (tertiary/aromatic N) is 2. The van der Waals surface area contributed by atoms with Gasteiger partial charge in [-0.05, 0) is 42.3 Å². The van der Waals surface area contributed by atoms with Gasteiger partial charge < -0.3 is 19.4 Å². The number of hydrogen-bond donors (Lipinski definition) is 1. The number of fused-ring (bicyclic) bond motifs is 1. The number of hydrogen-bond acceptors (Lipinski definition) is 7. The fourth-order valence-corrected chi connectivity index (χ4v) is 5.32. The van der Waals surface area contributed by atoms with Crippen LogP contribution >= 0.6 is 22.9 Å². The highest BCUT2D eigenvalue weighted by atomic mass is 35.5. The number of ether oxygens (including phenoxy) is 2. The van der Waals surface area contributed by atoms with Gasteiger partial charge >= 0.3 is 10.8 Å². The fraction of sp³-hybridized carbons (Fsp3) is 0.276. The van der Waals surface area contributed by atoms with Crippen molar-refractivity contribution in [3.8, 4) is 0 Å². The van der Waals surface area contributed by atoms with Crippen LogP contribution in [0.5, 0.6) is 0 Å². The van der Waals surface area contributed by atoms with Crippen LogP contribution in [-0.2, 0) is 38.7 Å². The van der Waals surface area contributed by atoms with E-state index in [0.717, 1.165) is 32.5 Å². The van der Waals surface area contributed by atoms with Crippen LogP contribution < -0.4 is 4.87 Å². The van der Waals surface area contributed by atoms with Crippen LogP contribution in [0.4, 0.5) is 0 Å². The van der Waals surface area contributed by atoms with Crippen LogP contribution in [0, 0.1) is 0 Å². The second-order valence-electron chi connectivity index (χ2n) is 8.69. The predicted molar refractivity (Wildman–Crippen MR) is 153 cm³/mol. The summed E-state index contributed by atoms with van der Waals surface area (Å²) in [5.74, 6) is -0.971. The molecule has 1 heterocycles. The average Bonchev–Trinajstić information content (AvgIpc) is 3.24. The molecule has 0 bridgehead atoms. The second-order valence-corrected chi connectivity index (χ2v) is 10.1. The Hall–Kier alpha value is -3.50. The molecule has 1 atom stereocenters. The van der Waals surface area contributed by atoms with Gasteiger partial charge in [-0.2, -0.15) is 0 Å². The molecule has 1 unspecified atom stereocenters. The summed E-state index contributed by atoms with van der Waals surface area (Å²) in [6, 6.07) is 20.7. The largest absolute Gasteiger partial charge is 0.479 e. The Kier molecular flexibility index (Phi) is 9.89. The third-order valence-corrected chi connectivity index (χ3v) is 7.21. The van der Waals surface area contributed by atoms with Crippen molar-refractivity contribution in [3.63, 3.8) is 0 Å². The SMILES string of the molecule is CCOC(Cc1ccc(COCCn2c(=O)sc3cc(/C(=N/OC)c4cccc(Cl)c4)ccc32)cc1)C(=O)O. The highest BCUT2D eigenvalue weighted by molar-refractivity contribution is 7.16. The number of halogens is 1. The third-order valence-electron chi connectivity index (χ3n) is 6.04. The number of carboxylic acid groups (broad SMARTS) is 1. The van der Waals surface area contributed by atoms with Crippen molar-refractivity contribution in [2.24, 2.45) is 5.16 Å². The maximum absolute atomic E-state index is 12.7. The molecule has 3 aromatic carbocycles. The molecule has 0 aliphatic carbocycles. The van der Waals surface area contributed by atoms with Crippen molar-refractivity contribution >= 4 is 44.8 Å². The van der Waals surface area contributed by atoms with E-state index in [1.807, 2.05) is 60.7 Å². The number of aromatic nitrogens is 1. The zero-order chi connectivity index (χ0) is 27.8. The first-order chi connectivity index (χ1) is 18.9. The second kappa shape index (κ2) is 13.5. The lowest BCUT2D eigenvalue weighted by Crippen LogP contribution is -2.26. The third kappa shape index (κ3) is 7.33. The predicted octanol–water partition coefficient (Wildman–Crippen LogP) is 5.36. The summed E-state index contributed by atoms with van der Waals surface area (Å²) < 4.78 is 13.7. The molecular weight excluding hydrogens is 540 g/mol. The van der Waals surface area contributed by atoms with Crippen LogP contribution in [0.25, 0.3) is 10.2 Å². The van der Waals surface area contributed by atoms with Crippen molar-refractivity contribution in [2.75, 3.05) is 20.3 Å². The lowest BCUT2D eigenvalue weighted by atomic mass is 10.0. The van der Waals surface area contributed by atoms with E-state index in [4.69, 9.17) is 25.9 Å². The highest BCUT2D eigenvalue weighted by Gasteiger charge is 2.18. The molecule has 0 saturated heterocycles. The van der Waals surface area contributed by atoms with Crippen molar-refractivity contribution < 1.29 is 24.2 Å². The summed E-state index contributed by atoms with van der Waals surface area (Å²) in [6.07, 6.45) is -0.555. The minimum Gasteiger partial charge on any atom is -0.479 e. The van der Waals surface area contributed by atoms with E-state index >= 15 is 0 Å². The van der Waals surface area contributed by atoms with Crippen LogP contribution in [0.3, 0.4) is 0 Å². The van der Waals surface area contributed by atoms with E-state index in [9.17, 15) is 14.7 Å². The minimum absolute atomic E-state index is 0.0645. The molecule has 4 aromatic rings. The molecule has 0 radical (unpaired) electrons. The summed E-state index contributed by atoms with van der Waals surface area (Å²) in [5, 5.41) is 14.0. The zero-order valence-electron chi connectivity index (χ0n) is 21.6. The van der Waals surface area contributed by atoms with Crippen molar-refractivity contribution in [1.29, 1.82) is 0 Å². The summed E-state index contributed by atoms with van der Waals surface area (Å²) in [7, 11) is 1.49. The van der Waals surface area contributed by atoms with Crippen molar-refractivity contribution in [2.45, 2.75) is 32.6 Å². The Morgan fingerprint density at radius 3 is 2.51 bits per heavy atom. The molecule has 0 saturated carbocycles. The Bertz CT molecular complexity index is 1510. The van der Waals surface area contributed by atoms with Gasteiger partial charge in [0, 0.05) is 29.2 Å². The lowest BCUT2D eigenvalue weighted by molar-refractivity contribution is -0.149. The Morgan fingerprint density at radius 1 is 1.08 bits per heavy atom. The normalized spacial score (nSPS) is 12.5. The van der Waals surface area contributed by atoms with Gasteiger partial charge in [-0.25, -0.2) is 4.79 Å². The number of oxime groups is 1. The topological polar surface area (TPSA) is 99.4 Å². The molecule has 0 aliphatic rings. The van der Waals surface area contributed by atoms with E-state index < -0.39 is 12.1 Å². The number of aliphatic carboxylic acids is 1. The number of carboxylic acids is 1. The zero-order valence-corrected chi connectivity index (χ0v) is 23.2. The maximum Gasteiger partial charge on any atom is 0.333 e. The van der Waals surface area contributed by atoms with Gasteiger partial charge in [-0.1, -0.05) is 70.6 Å². The first kappa shape index (κ1) is 28.5. The number of carbonyl (C=O) groups is 1. The molecule has 39 heavy (non-hydrogen) atoms. The quantitative estimate of drug-likeness (QED) is 0.132. The molecule has 204 valence electrons. The van der Waals surface area contributed by atoms with E-state index in [0.29, 0.717) is 43.5 Å². The standard InChI is InChI=1S/C29H29ClN2O6S/c1-3-38-25(28(33)34)15-19-7-9-20(10-8-19)18-37-14-13-32-24-12-11-22(17-26(24)39-29(32)35)27(31-36-2)21-5-4-6-23(30)16-21/h4-12,16-17,25H,3,13-15,18H2,1-2H3,(H,33,34)/b31-27+. The molecule has 0 aliphatic heterocycles. The van der Waals surface area contributed by atoms with Gasteiger partial charge in [0.05, 0.1) is 30.0 Å². The molecule has 1 N–H and O–H groups in total. The molecule has 0 fully saturated rings. The Morgan fingerprint density at radius 2 is 1.82 bits per heavy atom. The highest BCUT2D eigenvalue weighted by Crippen LogP contribution is 2.23. The van der Waals surface area contributed by atoms with E-state index in [-0.39, 0.29) is 4.87 Å². The van der Waals surface area contributed by atoms with Gasteiger partial charge in [-0.15, -0.1) is 0 Å². The van der Waals surface area contributed by atoms with E-state index in [2.05, 4.69) is 5.16 Å². The summed E-state index contributed by atoms with van der Waals surface area (Å²) >= 11 is 7.34. The van der Waals surface area contributed by atoms with Gasteiger partial charge in [-0.3, -0.25) is 9.36 Å². The van der Waals surface area contributed by atoms with Gasteiger partial charge in [0.25, 0.3) is 0 Å².